The van der Waals surface area contributed by atoms with E-state index in [4.69, 9.17) is 0 Å². The van der Waals surface area contributed by atoms with Crippen LogP contribution in [-0.2, 0) is 11.2 Å². The van der Waals surface area contributed by atoms with E-state index in [0.29, 0.717) is 6.54 Å². The zero-order valence-corrected chi connectivity index (χ0v) is 16.1. The van der Waals surface area contributed by atoms with E-state index < -0.39 is 0 Å². The number of hydrogen-bond acceptors (Lipinski definition) is 3. The lowest BCUT2D eigenvalue weighted by atomic mass is 9.99. The van der Waals surface area contributed by atoms with Crippen LogP contribution in [0.25, 0.3) is 5.57 Å². The van der Waals surface area contributed by atoms with Gasteiger partial charge in [-0.2, -0.15) is 0 Å². The van der Waals surface area contributed by atoms with Gasteiger partial charge < -0.3 is 10.4 Å². The number of phenols is 1. The van der Waals surface area contributed by atoms with Crippen LogP contribution in [0.2, 0.25) is 0 Å². The van der Waals surface area contributed by atoms with Gasteiger partial charge >= 0.3 is 0 Å². The number of benzene rings is 2. The first kappa shape index (κ1) is 19.2. The van der Waals surface area contributed by atoms with E-state index in [-0.39, 0.29) is 17.7 Å². The molecule has 2 aromatic carbocycles. The third-order valence-electron chi connectivity index (χ3n) is 5.16. The fourth-order valence-corrected chi connectivity index (χ4v) is 3.41. The molecule has 1 heterocycles. The molecule has 1 aliphatic heterocycles. The van der Waals surface area contributed by atoms with Crippen LogP contribution in [0.15, 0.2) is 54.6 Å². The second-order valence-electron chi connectivity index (χ2n) is 7.15. The van der Waals surface area contributed by atoms with Crippen molar-refractivity contribution < 1.29 is 9.90 Å². The second kappa shape index (κ2) is 8.87. The Morgan fingerprint density at radius 2 is 1.85 bits per heavy atom. The zero-order valence-electron chi connectivity index (χ0n) is 16.1. The molecular formula is C23H28N2O2. The van der Waals surface area contributed by atoms with Gasteiger partial charge in [0.1, 0.15) is 5.75 Å². The fourth-order valence-electron chi connectivity index (χ4n) is 3.41. The van der Waals surface area contributed by atoms with Crippen LogP contribution in [-0.4, -0.2) is 35.5 Å². The molecule has 0 fully saturated rings. The zero-order chi connectivity index (χ0) is 19.2. The van der Waals surface area contributed by atoms with Crippen molar-refractivity contribution in [2.45, 2.75) is 32.7 Å². The maximum absolute atomic E-state index is 12.4. The minimum Gasteiger partial charge on any atom is -0.508 e. The highest BCUT2D eigenvalue weighted by Gasteiger charge is 2.17. The molecule has 0 bridgehead atoms. The van der Waals surface area contributed by atoms with Crippen LogP contribution >= 0.6 is 0 Å². The van der Waals surface area contributed by atoms with Crippen molar-refractivity contribution in [3.8, 4) is 5.75 Å². The van der Waals surface area contributed by atoms with Crippen LogP contribution in [0, 0.1) is 0 Å². The second-order valence-corrected chi connectivity index (χ2v) is 7.15. The van der Waals surface area contributed by atoms with Gasteiger partial charge in [0, 0.05) is 13.1 Å². The molecule has 27 heavy (non-hydrogen) atoms. The number of hydrogen-bond donors (Lipinski definition) is 2. The number of aryl methyl sites for hydroxylation is 1. The standard InChI is InChI=1S/C23H28N2O2/c1-3-18-4-6-19(7-5-18)17(2)24-23(27)16-25-14-12-21(13-15-25)20-8-10-22(26)11-9-20/h4-12,17,26H,3,13-16H2,1-2H3,(H,24,27). The molecule has 0 radical (unpaired) electrons. The van der Waals surface area contributed by atoms with E-state index in [1.165, 1.54) is 11.1 Å². The number of rotatable bonds is 6. The number of nitrogens with zero attached hydrogens (tertiary/aromatic N) is 1. The number of aromatic hydroxyl groups is 1. The number of carbonyl (C=O) groups excluding carboxylic acids is 1. The number of phenolic OH excluding ortho intramolecular Hbond substituents is 1. The van der Waals surface area contributed by atoms with Gasteiger partial charge in [0.05, 0.1) is 12.6 Å². The molecule has 0 aliphatic carbocycles. The van der Waals surface area contributed by atoms with Crippen molar-refractivity contribution in [2.24, 2.45) is 0 Å². The molecule has 0 aromatic heterocycles. The van der Waals surface area contributed by atoms with Crippen LogP contribution in [0.5, 0.6) is 5.75 Å². The molecule has 2 aromatic rings. The van der Waals surface area contributed by atoms with E-state index in [2.05, 4.69) is 47.5 Å². The van der Waals surface area contributed by atoms with E-state index in [1.54, 1.807) is 12.1 Å². The van der Waals surface area contributed by atoms with Gasteiger partial charge in [0.15, 0.2) is 0 Å². The summed E-state index contributed by atoms with van der Waals surface area (Å²) in [6.07, 6.45) is 4.11. The highest BCUT2D eigenvalue weighted by Crippen LogP contribution is 2.24. The SMILES string of the molecule is CCc1ccc(C(C)NC(=O)CN2CC=C(c3ccc(O)cc3)CC2)cc1. The summed E-state index contributed by atoms with van der Waals surface area (Å²) in [6.45, 7) is 6.21. The van der Waals surface area contributed by atoms with E-state index >= 15 is 0 Å². The minimum absolute atomic E-state index is 0.0105. The van der Waals surface area contributed by atoms with E-state index in [1.807, 2.05) is 19.1 Å². The highest BCUT2D eigenvalue weighted by molar-refractivity contribution is 5.78. The lowest BCUT2D eigenvalue weighted by Gasteiger charge is -2.26. The van der Waals surface area contributed by atoms with E-state index in [9.17, 15) is 9.90 Å². The molecule has 4 heteroatoms. The van der Waals surface area contributed by atoms with Crippen molar-refractivity contribution in [2.75, 3.05) is 19.6 Å². The Balaban J connectivity index is 1.50. The first-order valence-electron chi connectivity index (χ1n) is 9.64. The topological polar surface area (TPSA) is 52.6 Å². The molecule has 0 saturated carbocycles. The Hall–Kier alpha value is -2.59. The lowest BCUT2D eigenvalue weighted by Crippen LogP contribution is -2.40. The summed E-state index contributed by atoms with van der Waals surface area (Å²) in [5, 5.41) is 12.5. The normalized spacial score (nSPS) is 15.9. The molecule has 2 N–H and O–H groups in total. The van der Waals surface area contributed by atoms with Crippen molar-refractivity contribution >= 4 is 11.5 Å². The highest BCUT2D eigenvalue weighted by atomic mass is 16.3. The maximum Gasteiger partial charge on any atom is 0.234 e. The Kier molecular flexibility index (Phi) is 6.30. The van der Waals surface area contributed by atoms with Crippen LogP contribution < -0.4 is 5.32 Å². The minimum atomic E-state index is 0.0105. The molecule has 1 atom stereocenters. The predicted molar refractivity (Wildman–Crippen MR) is 110 cm³/mol. The van der Waals surface area contributed by atoms with E-state index in [0.717, 1.165) is 37.1 Å². The van der Waals surface area contributed by atoms with Gasteiger partial charge in [-0.1, -0.05) is 49.4 Å². The molecular weight excluding hydrogens is 336 g/mol. The van der Waals surface area contributed by atoms with Crippen LogP contribution in [0.3, 0.4) is 0 Å². The average Bonchev–Trinajstić information content (AvgIpc) is 2.69. The third kappa shape index (κ3) is 5.20. The maximum atomic E-state index is 12.4. The molecule has 1 unspecified atom stereocenters. The lowest BCUT2D eigenvalue weighted by molar-refractivity contribution is -0.122. The quantitative estimate of drug-likeness (QED) is 0.817. The average molecular weight is 364 g/mol. The Labute approximate surface area is 161 Å². The number of amides is 1. The van der Waals surface area contributed by atoms with Gasteiger partial charge in [-0.25, -0.2) is 0 Å². The Morgan fingerprint density at radius 3 is 2.44 bits per heavy atom. The molecule has 1 aliphatic rings. The summed E-state index contributed by atoms with van der Waals surface area (Å²) in [6, 6.07) is 15.8. The molecule has 3 rings (SSSR count). The van der Waals surface area contributed by atoms with Crippen LogP contribution in [0.1, 0.15) is 43.0 Å². The molecule has 1 amide bonds. The first-order valence-corrected chi connectivity index (χ1v) is 9.64. The summed E-state index contributed by atoms with van der Waals surface area (Å²) < 4.78 is 0. The monoisotopic (exact) mass is 364 g/mol. The van der Waals surface area contributed by atoms with Crippen molar-refractivity contribution in [1.82, 2.24) is 10.2 Å². The van der Waals surface area contributed by atoms with Gasteiger partial charge in [-0.05, 0) is 54.2 Å². The molecule has 0 spiro atoms. The summed E-state index contributed by atoms with van der Waals surface area (Å²) in [5.41, 5.74) is 4.85. The molecule has 4 nitrogen and oxygen atoms in total. The van der Waals surface area contributed by atoms with Crippen molar-refractivity contribution in [1.29, 1.82) is 0 Å². The first-order chi connectivity index (χ1) is 13.0. The molecule has 0 saturated heterocycles. The third-order valence-corrected chi connectivity index (χ3v) is 5.16. The predicted octanol–water partition coefficient (Wildman–Crippen LogP) is 3.92. The summed E-state index contributed by atoms with van der Waals surface area (Å²) >= 11 is 0. The largest absolute Gasteiger partial charge is 0.508 e. The fraction of sp³-hybridized carbons (Fsp3) is 0.348. The number of nitrogens with one attached hydrogen (secondary N) is 1. The van der Waals surface area contributed by atoms with Gasteiger partial charge in [0.2, 0.25) is 5.91 Å². The summed E-state index contributed by atoms with van der Waals surface area (Å²) in [7, 11) is 0. The van der Waals surface area contributed by atoms with Crippen molar-refractivity contribution in [3.63, 3.8) is 0 Å². The van der Waals surface area contributed by atoms with Crippen molar-refractivity contribution in [3.05, 3.63) is 71.3 Å². The van der Waals surface area contributed by atoms with Gasteiger partial charge in [-0.15, -0.1) is 0 Å². The smallest absolute Gasteiger partial charge is 0.234 e. The summed E-state index contributed by atoms with van der Waals surface area (Å²) in [5.74, 6) is 0.343. The van der Waals surface area contributed by atoms with Crippen LogP contribution in [0.4, 0.5) is 0 Å². The number of carbonyl (C=O) groups is 1. The van der Waals surface area contributed by atoms with Gasteiger partial charge in [-0.3, -0.25) is 9.69 Å². The molecule has 142 valence electrons. The Bertz CT molecular complexity index is 794. The Morgan fingerprint density at radius 1 is 1.15 bits per heavy atom. The van der Waals surface area contributed by atoms with Gasteiger partial charge in [0.25, 0.3) is 0 Å². The summed E-state index contributed by atoms with van der Waals surface area (Å²) in [4.78, 5) is 14.6.